The zero-order chi connectivity index (χ0) is 11.7. The quantitative estimate of drug-likeness (QED) is 0.819. The number of anilines is 1. The van der Waals surface area contributed by atoms with E-state index in [0.29, 0.717) is 0 Å². The summed E-state index contributed by atoms with van der Waals surface area (Å²) in [6.07, 6.45) is 0. The Balaban J connectivity index is 2.16. The van der Waals surface area contributed by atoms with Crippen LogP contribution in [0.5, 0.6) is 0 Å². The lowest BCUT2D eigenvalue weighted by atomic mass is 10.2. The molecule has 0 aliphatic carbocycles. The molecule has 16 heavy (non-hydrogen) atoms. The van der Waals surface area contributed by atoms with Gasteiger partial charge in [-0.05, 0) is 25.6 Å². The maximum absolute atomic E-state index is 5.79. The predicted molar refractivity (Wildman–Crippen MR) is 66.3 cm³/mol. The lowest BCUT2D eigenvalue weighted by Gasteiger charge is -2.20. The summed E-state index contributed by atoms with van der Waals surface area (Å²) in [5.41, 5.74) is 8.34. The van der Waals surface area contributed by atoms with E-state index in [1.165, 1.54) is 11.3 Å². The van der Waals surface area contributed by atoms with E-state index >= 15 is 0 Å². The first kappa shape index (κ1) is 11.4. The number of rotatable bonds is 3. The Morgan fingerprint density at radius 3 is 2.94 bits per heavy atom. The highest BCUT2D eigenvalue weighted by Crippen LogP contribution is 2.22. The summed E-state index contributed by atoms with van der Waals surface area (Å²) in [7, 11) is 4.16. The van der Waals surface area contributed by atoms with Crippen LogP contribution in [0.1, 0.15) is 18.2 Å². The second-order valence-electron chi connectivity index (χ2n) is 4.81. The molecule has 2 rings (SSSR count). The van der Waals surface area contributed by atoms with Gasteiger partial charge in [-0.25, -0.2) is 4.98 Å². The molecule has 4 nitrogen and oxygen atoms in total. The van der Waals surface area contributed by atoms with Crippen LogP contribution in [-0.2, 0) is 13.1 Å². The van der Waals surface area contributed by atoms with E-state index in [2.05, 4.69) is 34.0 Å². The van der Waals surface area contributed by atoms with Gasteiger partial charge in [0.2, 0.25) is 0 Å². The minimum Gasteiger partial charge on any atom is -0.358 e. The van der Waals surface area contributed by atoms with Gasteiger partial charge < -0.3 is 10.6 Å². The Bertz CT molecular complexity index is 375. The fraction of sp³-hybridized carbons (Fsp3) is 0.583. The van der Waals surface area contributed by atoms with E-state index < -0.39 is 0 Å². The van der Waals surface area contributed by atoms with Gasteiger partial charge in [0.1, 0.15) is 5.82 Å². The molecule has 1 unspecified atom stereocenters. The van der Waals surface area contributed by atoms with E-state index in [1.807, 2.05) is 14.0 Å². The van der Waals surface area contributed by atoms with Crippen LogP contribution < -0.4 is 10.6 Å². The molecule has 0 bridgehead atoms. The topological polar surface area (TPSA) is 45.4 Å². The number of nitrogens with zero attached hydrogens (tertiary/aromatic N) is 3. The molecule has 1 aromatic rings. The van der Waals surface area contributed by atoms with E-state index in [-0.39, 0.29) is 6.04 Å². The predicted octanol–water partition coefficient (Wildman–Crippen LogP) is 0.810. The Morgan fingerprint density at radius 2 is 2.25 bits per heavy atom. The number of likely N-dealkylation sites (N-methyl/N-ethyl adjacent to an activating group) is 1. The summed E-state index contributed by atoms with van der Waals surface area (Å²) in [6, 6.07) is 4.43. The van der Waals surface area contributed by atoms with E-state index in [9.17, 15) is 0 Å². The average Bonchev–Trinajstić information content (AvgIpc) is 2.55. The van der Waals surface area contributed by atoms with Crippen molar-refractivity contribution < 1.29 is 0 Å². The van der Waals surface area contributed by atoms with Crippen molar-refractivity contribution in [3.63, 3.8) is 0 Å². The van der Waals surface area contributed by atoms with Gasteiger partial charge in [-0.3, -0.25) is 4.90 Å². The van der Waals surface area contributed by atoms with Gasteiger partial charge in [0.15, 0.2) is 0 Å². The number of hydrogen-bond acceptors (Lipinski definition) is 4. The van der Waals surface area contributed by atoms with Gasteiger partial charge in [-0.2, -0.15) is 0 Å². The molecule has 1 aromatic heterocycles. The van der Waals surface area contributed by atoms with Crippen molar-refractivity contribution in [3.05, 3.63) is 23.4 Å². The first-order chi connectivity index (χ1) is 7.56. The maximum atomic E-state index is 5.79. The molecular weight excluding hydrogens is 200 g/mol. The molecular formula is C12H20N4. The van der Waals surface area contributed by atoms with E-state index in [0.717, 1.165) is 25.5 Å². The van der Waals surface area contributed by atoms with Gasteiger partial charge in [0.25, 0.3) is 0 Å². The summed E-state index contributed by atoms with van der Waals surface area (Å²) in [4.78, 5) is 9.07. The summed E-state index contributed by atoms with van der Waals surface area (Å²) in [5, 5.41) is 0. The molecule has 0 spiro atoms. The number of aromatic nitrogens is 1. The highest BCUT2D eigenvalue weighted by molar-refractivity contribution is 5.42. The highest BCUT2D eigenvalue weighted by Gasteiger charge is 2.17. The average molecular weight is 220 g/mol. The van der Waals surface area contributed by atoms with Crippen LogP contribution in [0.3, 0.4) is 0 Å². The third kappa shape index (κ3) is 2.33. The zero-order valence-electron chi connectivity index (χ0n) is 10.3. The minimum atomic E-state index is 0.169. The van der Waals surface area contributed by atoms with Gasteiger partial charge >= 0.3 is 0 Å². The van der Waals surface area contributed by atoms with E-state index in [1.54, 1.807) is 0 Å². The second-order valence-corrected chi connectivity index (χ2v) is 4.81. The SMILES string of the molecule is CC(N)CN(C)c1ccc2c(n1)CN(C)C2. The second kappa shape index (κ2) is 4.39. The number of hydrogen-bond donors (Lipinski definition) is 1. The van der Waals surface area contributed by atoms with Crippen molar-refractivity contribution in [1.82, 2.24) is 9.88 Å². The van der Waals surface area contributed by atoms with Crippen LogP contribution in [0.25, 0.3) is 0 Å². The molecule has 1 aliphatic rings. The van der Waals surface area contributed by atoms with Crippen LogP contribution >= 0.6 is 0 Å². The largest absolute Gasteiger partial charge is 0.358 e. The Labute approximate surface area is 97.1 Å². The first-order valence-electron chi connectivity index (χ1n) is 5.70. The molecule has 0 amide bonds. The number of nitrogens with two attached hydrogens (primary N) is 1. The molecule has 88 valence electrons. The lowest BCUT2D eigenvalue weighted by molar-refractivity contribution is 0.351. The molecule has 0 saturated carbocycles. The third-order valence-electron chi connectivity index (χ3n) is 2.87. The van der Waals surface area contributed by atoms with Crippen LogP contribution in [0, 0.1) is 0 Å². The molecule has 4 heteroatoms. The summed E-state index contributed by atoms with van der Waals surface area (Å²) in [6.45, 7) is 4.81. The van der Waals surface area contributed by atoms with Crippen molar-refractivity contribution in [3.8, 4) is 0 Å². The molecule has 2 heterocycles. The van der Waals surface area contributed by atoms with Gasteiger partial charge in [0.05, 0.1) is 5.69 Å². The summed E-state index contributed by atoms with van der Waals surface area (Å²) >= 11 is 0. The normalized spacial score (nSPS) is 17.2. The molecule has 0 fully saturated rings. The van der Waals surface area contributed by atoms with Crippen LogP contribution in [0.2, 0.25) is 0 Å². The van der Waals surface area contributed by atoms with E-state index in [4.69, 9.17) is 5.73 Å². The van der Waals surface area contributed by atoms with Crippen molar-refractivity contribution in [2.45, 2.75) is 26.1 Å². The number of pyridine rings is 1. The van der Waals surface area contributed by atoms with Crippen molar-refractivity contribution in [2.75, 3.05) is 25.5 Å². The monoisotopic (exact) mass is 220 g/mol. The summed E-state index contributed by atoms with van der Waals surface area (Å²) < 4.78 is 0. The fourth-order valence-corrected chi connectivity index (χ4v) is 2.14. The van der Waals surface area contributed by atoms with Crippen LogP contribution in [0.4, 0.5) is 5.82 Å². The summed E-state index contributed by atoms with van der Waals surface area (Å²) in [5.74, 6) is 1.02. The third-order valence-corrected chi connectivity index (χ3v) is 2.87. The molecule has 0 saturated heterocycles. The smallest absolute Gasteiger partial charge is 0.128 e. The van der Waals surface area contributed by atoms with Gasteiger partial charge in [-0.15, -0.1) is 0 Å². The van der Waals surface area contributed by atoms with Gasteiger partial charge in [0, 0.05) is 32.7 Å². The van der Waals surface area contributed by atoms with Crippen molar-refractivity contribution in [1.29, 1.82) is 0 Å². The Morgan fingerprint density at radius 1 is 1.50 bits per heavy atom. The maximum Gasteiger partial charge on any atom is 0.128 e. The molecule has 1 aliphatic heterocycles. The van der Waals surface area contributed by atoms with Crippen molar-refractivity contribution in [2.24, 2.45) is 5.73 Å². The van der Waals surface area contributed by atoms with Gasteiger partial charge in [-0.1, -0.05) is 6.07 Å². The molecule has 0 radical (unpaired) electrons. The highest BCUT2D eigenvalue weighted by atomic mass is 15.2. The number of fused-ring (bicyclic) bond motifs is 1. The molecule has 0 aromatic carbocycles. The zero-order valence-corrected chi connectivity index (χ0v) is 10.3. The molecule has 1 atom stereocenters. The van der Waals surface area contributed by atoms with Crippen LogP contribution in [0.15, 0.2) is 12.1 Å². The fourth-order valence-electron chi connectivity index (χ4n) is 2.14. The first-order valence-corrected chi connectivity index (χ1v) is 5.70. The molecule has 2 N–H and O–H groups in total. The Kier molecular flexibility index (Phi) is 3.12. The standard InChI is InChI=1S/C12H20N4/c1-9(13)6-16(3)12-5-4-10-7-15(2)8-11(10)14-12/h4-5,9H,6-8,13H2,1-3H3. The Hall–Kier alpha value is -1.13. The minimum absolute atomic E-state index is 0.169. The van der Waals surface area contributed by atoms with Crippen LogP contribution in [-0.4, -0.2) is 36.6 Å². The lowest BCUT2D eigenvalue weighted by Crippen LogP contribution is -2.33. The van der Waals surface area contributed by atoms with Crippen molar-refractivity contribution >= 4 is 5.82 Å².